The number of nitrogens with zero attached hydrogens (tertiary/aromatic N) is 1. The second kappa shape index (κ2) is 6.32. The molecule has 0 radical (unpaired) electrons. The fourth-order valence-corrected chi connectivity index (χ4v) is 3.04. The summed E-state index contributed by atoms with van der Waals surface area (Å²) < 4.78 is 19.4. The van der Waals surface area contributed by atoms with Gasteiger partial charge in [-0.25, -0.2) is 4.39 Å². The van der Waals surface area contributed by atoms with Crippen molar-refractivity contribution in [3.05, 3.63) is 29.6 Å². The average Bonchev–Trinajstić information content (AvgIpc) is 3.29. The van der Waals surface area contributed by atoms with Crippen molar-refractivity contribution >= 4 is 5.69 Å². The normalized spacial score (nSPS) is 26.1. The van der Waals surface area contributed by atoms with Gasteiger partial charge in [-0.3, -0.25) is 0 Å². The topological polar surface area (TPSA) is 24.5 Å². The van der Waals surface area contributed by atoms with E-state index in [0.29, 0.717) is 12.0 Å². The Morgan fingerprint density at radius 2 is 2.10 bits per heavy atom. The van der Waals surface area contributed by atoms with Crippen molar-refractivity contribution in [2.75, 3.05) is 25.1 Å². The quantitative estimate of drug-likeness (QED) is 0.903. The lowest BCUT2D eigenvalue weighted by atomic mass is 9.95. The van der Waals surface area contributed by atoms with Crippen LogP contribution in [0.1, 0.15) is 31.7 Å². The zero-order valence-electron chi connectivity index (χ0n) is 12.9. The predicted octanol–water partition coefficient (Wildman–Crippen LogP) is 2.94. The van der Waals surface area contributed by atoms with Crippen molar-refractivity contribution in [3.8, 4) is 0 Å². The lowest BCUT2D eigenvalue weighted by molar-refractivity contribution is 0.0498. The van der Waals surface area contributed by atoms with E-state index in [1.807, 2.05) is 0 Å². The summed E-state index contributed by atoms with van der Waals surface area (Å²) in [6.45, 7) is 4.80. The summed E-state index contributed by atoms with van der Waals surface area (Å²) in [5, 5.41) is 3.45. The molecule has 0 bridgehead atoms. The van der Waals surface area contributed by atoms with E-state index in [9.17, 15) is 4.39 Å². The van der Waals surface area contributed by atoms with Crippen LogP contribution in [0.4, 0.5) is 10.1 Å². The van der Waals surface area contributed by atoms with Crippen LogP contribution < -0.4 is 10.2 Å². The highest BCUT2D eigenvalue weighted by Crippen LogP contribution is 2.27. The number of ether oxygens (including phenoxy) is 1. The van der Waals surface area contributed by atoms with Gasteiger partial charge in [0.15, 0.2) is 0 Å². The Morgan fingerprint density at radius 1 is 1.29 bits per heavy atom. The van der Waals surface area contributed by atoms with Crippen LogP contribution in [-0.4, -0.2) is 32.3 Å². The lowest BCUT2D eigenvalue weighted by Gasteiger charge is -2.37. The van der Waals surface area contributed by atoms with Crippen molar-refractivity contribution in [1.29, 1.82) is 0 Å². The molecule has 1 N–H and O–H groups in total. The van der Waals surface area contributed by atoms with Gasteiger partial charge < -0.3 is 15.0 Å². The van der Waals surface area contributed by atoms with E-state index in [2.05, 4.69) is 23.2 Å². The third-order valence-corrected chi connectivity index (χ3v) is 4.67. The SMILES string of the molecule is COC1CN(c2cc(F)cc(CNC3CC3)c2)CCC1C. The zero-order chi connectivity index (χ0) is 14.8. The van der Waals surface area contributed by atoms with Gasteiger partial charge >= 0.3 is 0 Å². The fraction of sp³-hybridized carbons (Fsp3) is 0.647. The zero-order valence-corrected chi connectivity index (χ0v) is 12.9. The molecule has 4 heteroatoms. The molecular weight excluding hydrogens is 267 g/mol. The van der Waals surface area contributed by atoms with Crippen LogP contribution in [0.5, 0.6) is 0 Å². The molecule has 1 aromatic carbocycles. The van der Waals surface area contributed by atoms with E-state index in [4.69, 9.17) is 4.74 Å². The minimum Gasteiger partial charge on any atom is -0.379 e. The number of rotatable bonds is 5. The molecule has 0 amide bonds. The van der Waals surface area contributed by atoms with E-state index >= 15 is 0 Å². The van der Waals surface area contributed by atoms with Gasteiger partial charge in [-0.1, -0.05) is 6.92 Å². The molecule has 1 aromatic rings. The number of hydrogen-bond donors (Lipinski definition) is 1. The minimum atomic E-state index is -0.146. The summed E-state index contributed by atoms with van der Waals surface area (Å²) in [6, 6.07) is 6.04. The van der Waals surface area contributed by atoms with Crippen molar-refractivity contribution in [2.45, 2.75) is 44.9 Å². The molecule has 1 heterocycles. The standard InChI is InChI=1S/C17H25FN2O/c1-12-5-6-20(11-17(12)21-2)16-8-13(7-14(18)9-16)10-19-15-3-4-15/h7-9,12,15,17,19H,3-6,10-11H2,1-2H3. The number of halogens is 1. The van der Waals surface area contributed by atoms with Crippen LogP contribution in [0.2, 0.25) is 0 Å². The van der Waals surface area contributed by atoms with Crippen molar-refractivity contribution in [3.63, 3.8) is 0 Å². The maximum Gasteiger partial charge on any atom is 0.125 e. The second-order valence-electron chi connectivity index (χ2n) is 6.46. The van der Waals surface area contributed by atoms with Gasteiger partial charge in [0.25, 0.3) is 0 Å². The highest BCUT2D eigenvalue weighted by molar-refractivity contribution is 5.49. The summed E-state index contributed by atoms with van der Waals surface area (Å²) in [5.41, 5.74) is 2.01. The largest absolute Gasteiger partial charge is 0.379 e. The molecule has 2 aliphatic rings. The van der Waals surface area contributed by atoms with E-state index < -0.39 is 0 Å². The average molecular weight is 292 g/mol. The highest BCUT2D eigenvalue weighted by Gasteiger charge is 2.26. The van der Waals surface area contributed by atoms with E-state index in [0.717, 1.165) is 37.3 Å². The van der Waals surface area contributed by atoms with Crippen LogP contribution in [0.3, 0.4) is 0 Å². The van der Waals surface area contributed by atoms with Gasteiger partial charge in [-0.15, -0.1) is 0 Å². The third-order valence-electron chi connectivity index (χ3n) is 4.67. The molecule has 1 aliphatic heterocycles. The molecule has 3 nitrogen and oxygen atoms in total. The summed E-state index contributed by atoms with van der Waals surface area (Å²) in [4.78, 5) is 2.25. The highest BCUT2D eigenvalue weighted by atomic mass is 19.1. The lowest BCUT2D eigenvalue weighted by Crippen LogP contribution is -2.44. The first-order valence-corrected chi connectivity index (χ1v) is 7.96. The van der Waals surface area contributed by atoms with Crippen LogP contribution in [0, 0.1) is 11.7 Å². The van der Waals surface area contributed by atoms with Crippen LogP contribution >= 0.6 is 0 Å². The first kappa shape index (κ1) is 14.8. The minimum absolute atomic E-state index is 0.146. The van der Waals surface area contributed by atoms with Gasteiger partial charge in [-0.05, 0) is 48.9 Å². The number of benzene rings is 1. The molecule has 1 saturated carbocycles. The maximum atomic E-state index is 13.9. The van der Waals surface area contributed by atoms with Gasteiger partial charge in [0.2, 0.25) is 0 Å². The number of hydrogen-bond acceptors (Lipinski definition) is 3. The summed E-state index contributed by atoms with van der Waals surface area (Å²) in [5.74, 6) is 0.420. The molecule has 21 heavy (non-hydrogen) atoms. The molecule has 0 aromatic heterocycles. The monoisotopic (exact) mass is 292 g/mol. The molecule has 1 saturated heterocycles. The Labute approximate surface area is 126 Å². The van der Waals surface area contributed by atoms with E-state index in [1.165, 1.54) is 12.8 Å². The Morgan fingerprint density at radius 3 is 2.81 bits per heavy atom. The summed E-state index contributed by atoms with van der Waals surface area (Å²) >= 11 is 0. The Kier molecular flexibility index (Phi) is 4.45. The van der Waals surface area contributed by atoms with Gasteiger partial charge in [-0.2, -0.15) is 0 Å². The second-order valence-corrected chi connectivity index (χ2v) is 6.46. The van der Waals surface area contributed by atoms with Crippen LogP contribution in [0.15, 0.2) is 18.2 Å². The fourth-order valence-electron chi connectivity index (χ4n) is 3.04. The van der Waals surface area contributed by atoms with E-state index in [1.54, 1.807) is 19.2 Å². The van der Waals surface area contributed by atoms with Gasteiger partial charge in [0.1, 0.15) is 5.82 Å². The Bertz CT molecular complexity index is 490. The number of methoxy groups -OCH3 is 1. The molecular formula is C17H25FN2O. The van der Waals surface area contributed by atoms with Crippen molar-refractivity contribution in [1.82, 2.24) is 5.32 Å². The molecule has 2 atom stereocenters. The maximum absolute atomic E-state index is 13.9. The predicted molar refractivity (Wildman–Crippen MR) is 83.1 cm³/mol. The molecule has 2 fully saturated rings. The molecule has 0 spiro atoms. The molecule has 3 rings (SSSR count). The van der Waals surface area contributed by atoms with Crippen LogP contribution in [0.25, 0.3) is 0 Å². The van der Waals surface area contributed by atoms with Gasteiger partial charge in [0, 0.05) is 38.5 Å². The summed E-state index contributed by atoms with van der Waals surface area (Å²) in [7, 11) is 1.77. The number of nitrogens with one attached hydrogen (secondary N) is 1. The first-order chi connectivity index (χ1) is 10.2. The van der Waals surface area contributed by atoms with Crippen LogP contribution in [-0.2, 0) is 11.3 Å². The summed E-state index contributed by atoms with van der Waals surface area (Å²) in [6.07, 6.45) is 3.82. The number of piperidine rings is 1. The Hall–Kier alpha value is -1.13. The van der Waals surface area contributed by atoms with Crippen molar-refractivity contribution < 1.29 is 9.13 Å². The van der Waals surface area contributed by atoms with Gasteiger partial charge in [0.05, 0.1) is 6.10 Å². The molecule has 2 unspecified atom stereocenters. The first-order valence-electron chi connectivity index (χ1n) is 7.96. The van der Waals surface area contributed by atoms with Crippen molar-refractivity contribution in [2.24, 2.45) is 5.92 Å². The molecule has 1 aliphatic carbocycles. The smallest absolute Gasteiger partial charge is 0.125 e. The third kappa shape index (κ3) is 3.74. The Balaban J connectivity index is 1.71. The number of anilines is 1. The van der Waals surface area contributed by atoms with E-state index in [-0.39, 0.29) is 11.9 Å². The molecule has 116 valence electrons.